The molecule has 1 aliphatic carbocycles. The molecule has 1 aliphatic rings. The van der Waals surface area contributed by atoms with Crippen LogP contribution in [0.2, 0.25) is 0 Å². The Morgan fingerprint density at radius 1 is 1.50 bits per heavy atom. The fraction of sp³-hybridized carbons (Fsp3) is 0.417. The number of hydrogen-bond donors (Lipinski definition) is 1. The summed E-state index contributed by atoms with van der Waals surface area (Å²) in [6.07, 6.45) is 4.19. The standard InChI is InChI=1S/C12H14N4O2/c1-7(13)12-15-11(16-18-12)8-4-5-14-10(6-8)17-9-2-3-9/h4-7,9H,2-3,13H2,1H3. The quantitative estimate of drug-likeness (QED) is 0.883. The van der Waals surface area contributed by atoms with Gasteiger partial charge in [0.05, 0.1) is 6.04 Å². The summed E-state index contributed by atoms with van der Waals surface area (Å²) < 4.78 is 10.7. The number of hydrogen-bond acceptors (Lipinski definition) is 6. The van der Waals surface area contributed by atoms with Crippen molar-refractivity contribution in [2.45, 2.75) is 31.9 Å². The Hall–Kier alpha value is -1.95. The summed E-state index contributed by atoms with van der Waals surface area (Å²) in [4.78, 5) is 8.38. The van der Waals surface area contributed by atoms with Crippen LogP contribution in [0.25, 0.3) is 11.4 Å². The topological polar surface area (TPSA) is 87.1 Å². The summed E-state index contributed by atoms with van der Waals surface area (Å²) in [7, 11) is 0. The number of pyridine rings is 1. The lowest BCUT2D eigenvalue weighted by atomic mass is 10.2. The molecule has 1 fully saturated rings. The Morgan fingerprint density at radius 3 is 3.00 bits per heavy atom. The summed E-state index contributed by atoms with van der Waals surface area (Å²) in [5.74, 6) is 1.53. The van der Waals surface area contributed by atoms with E-state index in [9.17, 15) is 0 Å². The largest absolute Gasteiger partial charge is 0.474 e. The Morgan fingerprint density at radius 2 is 2.33 bits per heavy atom. The van der Waals surface area contributed by atoms with Gasteiger partial charge in [-0.1, -0.05) is 5.16 Å². The third kappa shape index (κ3) is 2.33. The molecule has 1 saturated carbocycles. The van der Waals surface area contributed by atoms with Crippen molar-refractivity contribution in [2.24, 2.45) is 5.73 Å². The molecule has 1 atom stereocenters. The predicted molar refractivity (Wildman–Crippen MR) is 63.8 cm³/mol. The van der Waals surface area contributed by atoms with Crippen molar-refractivity contribution in [3.8, 4) is 17.3 Å². The van der Waals surface area contributed by atoms with Crippen LogP contribution in [0.1, 0.15) is 31.7 Å². The van der Waals surface area contributed by atoms with Gasteiger partial charge < -0.3 is 15.0 Å². The first-order chi connectivity index (χ1) is 8.72. The second kappa shape index (κ2) is 4.38. The maximum atomic E-state index is 5.68. The van der Waals surface area contributed by atoms with E-state index < -0.39 is 0 Å². The molecule has 0 bridgehead atoms. The Bertz CT molecular complexity index is 549. The molecule has 6 heteroatoms. The van der Waals surface area contributed by atoms with Gasteiger partial charge in [-0.05, 0) is 25.8 Å². The van der Waals surface area contributed by atoms with Gasteiger partial charge in [-0.15, -0.1) is 0 Å². The van der Waals surface area contributed by atoms with Crippen molar-refractivity contribution in [3.63, 3.8) is 0 Å². The predicted octanol–water partition coefficient (Wildman–Crippen LogP) is 1.69. The molecule has 0 radical (unpaired) electrons. The van der Waals surface area contributed by atoms with Gasteiger partial charge >= 0.3 is 0 Å². The van der Waals surface area contributed by atoms with Crippen molar-refractivity contribution < 1.29 is 9.26 Å². The minimum Gasteiger partial charge on any atom is -0.474 e. The van der Waals surface area contributed by atoms with E-state index in [0.717, 1.165) is 18.4 Å². The van der Waals surface area contributed by atoms with Gasteiger partial charge in [0.1, 0.15) is 6.10 Å². The highest BCUT2D eigenvalue weighted by Gasteiger charge is 2.24. The van der Waals surface area contributed by atoms with Crippen molar-refractivity contribution in [1.29, 1.82) is 0 Å². The van der Waals surface area contributed by atoms with Gasteiger partial charge in [0.2, 0.25) is 17.6 Å². The van der Waals surface area contributed by atoms with E-state index in [1.54, 1.807) is 13.1 Å². The summed E-state index contributed by atoms with van der Waals surface area (Å²) in [5.41, 5.74) is 6.49. The second-order valence-electron chi connectivity index (χ2n) is 4.44. The Kier molecular flexibility index (Phi) is 2.71. The van der Waals surface area contributed by atoms with Crippen molar-refractivity contribution in [1.82, 2.24) is 15.1 Å². The SMILES string of the molecule is CC(N)c1nc(-c2ccnc(OC3CC3)c2)no1. The van der Waals surface area contributed by atoms with E-state index in [1.165, 1.54) is 0 Å². The highest BCUT2D eigenvalue weighted by molar-refractivity contribution is 5.55. The van der Waals surface area contributed by atoms with Crippen molar-refractivity contribution >= 4 is 0 Å². The van der Waals surface area contributed by atoms with Crippen LogP contribution < -0.4 is 10.5 Å². The van der Waals surface area contributed by atoms with Crippen molar-refractivity contribution in [2.75, 3.05) is 0 Å². The molecule has 0 aromatic carbocycles. The lowest BCUT2D eigenvalue weighted by Gasteiger charge is -2.03. The molecule has 2 heterocycles. The smallest absolute Gasteiger partial charge is 0.243 e. The van der Waals surface area contributed by atoms with E-state index in [1.807, 2.05) is 12.1 Å². The molecule has 18 heavy (non-hydrogen) atoms. The number of rotatable bonds is 4. The van der Waals surface area contributed by atoms with Crippen LogP contribution in [0.5, 0.6) is 5.88 Å². The first-order valence-corrected chi connectivity index (χ1v) is 5.94. The zero-order valence-corrected chi connectivity index (χ0v) is 10.0. The molecule has 2 N–H and O–H groups in total. The molecule has 2 aromatic heterocycles. The van der Waals surface area contributed by atoms with Gasteiger partial charge in [-0.3, -0.25) is 0 Å². The number of nitrogens with zero attached hydrogens (tertiary/aromatic N) is 3. The van der Waals surface area contributed by atoms with Crippen LogP contribution in [-0.2, 0) is 0 Å². The molecule has 2 aromatic rings. The third-order valence-corrected chi connectivity index (χ3v) is 2.64. The Labute approximate surface area is 104 Å². The van der Waals surface area contributed by atoms with Crippen LogP contribution in [0.4, 0.5) is 0 Å². The van der Waals surface area contributed by atoms with E-state index in [-0.39, 0.29) is 6.04 Å². The van der Waals surface area contributed by atoms with E-state index in [4.69, 9.17) is 15.0 Å². The van der Waals surface area contributed by atoms with E-state index in [0.29, 0.717) is 23.7 Å². The molecule has 1 unspecified atom stereocenters. The van der Waals surface area contributed by atoms with Gasteiger partial charge in [-0.2, -0.15) is 4.98 Å². The summed E-state index contributed by atoms with van der Waals surface area (Å²) >= 11 is 0. The number of ether oxygens (including phenoxy) is 1. The summed E-state index contributed by atoms with van der Waals surface area (Å²) in [6, 6.07) is 3.36. The van der Waals surface area contributed by atoms with Gasteiger partial charge in [-0.25, -0.2) is 4.98 Å². The monoisotopic (exact) mass is 246 g/mol. The average Bonchev–Trinajstić information content (AvgIpc) is 3.03. The minimum absolute atomic E-state index is 0.268. The minimum atomic E-state index is -0.268. The van der Waals surface area contributed by atoms with Crippen LogP contribution in [-0.4, -0.2) is 21.2 Å². The molecule has 0 amide bonds. The van der Waals surface area contributed by atoms with Gasteiger partial charge in [0.25, 0.3) is 0 Å². The maximum Gasteiger partial charge on any atom is 0.243 e. The summed E-state index contributed by atoms with van der Waals surface area (Å²) in [5, 5.41) is 3.89. The van der Waals surface area contributed by atoms with Crippen molar-refractivity contribution in [3.05, 3.63) is 24.2 Å². The Balaban J connectivity index is 1.85. The molecule has 0 saturated heterocycles. The highest BCUT2D eigenvalue weighted by Crippen LogP contribution is 2.27. The fourth-order valence-corrected chi connectivity index (χ4v) is 1.51. The first kappa shape index (κ1) is 11.2. The summed E-state index contributed by atoms with van der Waals surface area (Å²) in [6.45, 7) is 1.80. The lowest BCUT2D eigenvalue weighted by Crippen LogP contribution is -2.04. The van der Waals surface area contributed by atoms with E-state index >= 15 is 0 Å². The lowest BCUT2D eigenvalue weighted by molar-refractivity contribution is 0.291. The maximum absolute atomic E-state index is 5.68. The molecule has 3 rings (SSSR count). The molecule has 0 aliphatic heterocycles. The molecule has 0 spiro atoms. The number of aromatic nitrogens is 3. The van der Waals surface area contributed by atoms with Gasteiger partial charge in [0, 0.05) is 17.8 Å². The van der Waals surface area contributed by atoms with Crippen LogP contribution >= 0.6 is 0 Å². The zero-order chi connectivity index (χ0) is 12.5. The van der Waals surface area contributed by atoms with Gasteiger partial charge in [0.15, 0.2) is 0 Å². The number of nitrogens with two attached hydrogens (primary N) is 1. The molecule has 94 valence electrons. The third-order valence-electron chi connectivity index (χ3n) is 2.64. The van der Waals surface area contributed by atoms with Crippen LogP contribution in [0, 0.1) is 0 Å². The molecular weight excluding hydrogens is 232 g/mol. The first-order valence-electron chi connectivity index (χ1n) is 5.94. The van der Waals surface area contributed by atoms with Crippen LogP contribution in [0.3, 0.4) is 0 Å². The zero-order valence-electron chi connectivity index (χ0n) is 10.0. The highest BCUT2D eigenvalue weighted by atomic mass is 16.5. The molecule has 6 nitrogen and oxygen atoms in total. The van der Waals surface area contributed by atoms with E-state index in [2.05, 4.69) is 15.1 Å². The fourth-order valence-electron chi connectivity index (χ4n) is 1.51. The second-order valence-corrected chi connectivity index (χ2v) is 4.44. The normalized spacial score (nSPS) is 16.6. The molecular formula is C12H14N4O2. The average molecular weight is 246 g/mol. The van der Waals surface area contributed by atoms with Crippen LogP contribution in [0.15, 0.2) is 22.9 Å².